The Kier molecular flexibility index (Phi) is 9.40. The van der Waals surface area contributed by atoms with Crippen molar-refractivity contribution in [2.75, 3.05) is 5.32 Å². The van der Waals surface area contributed by atoms with Crippen LogP contribution in [0.5, 0.6) is 0 Å². The highest BCUT2D eigenvalue weighted by molar-refractivity contribution is 6.33. The first-order chi connectivity index (χ1) is 17.9. The molecule has 0 aliphatic carbocycles. The molecule has 2 N–H and O–H groups in total. The molecule has 38 heavy (non-hydrogen) atoms. The van der Waals surface area contributed by atoms with Crippen LogP contribution in [0, 0.1) is 5.92 Å². The summed E-state index contributed by atoms with van der Waals surface area (Å²) in [5.74, 6) is -3.10. The van der Waals surface area contributed by atoms with Crippen LogP contribution in [0.1, 0.15) is 41.4 Å². The number of rotatable bonds is 8. The predicted octanol–water partition coefficient (Wildman–Crippen LogP) is 6.69. The zero-order valence-electron chi connectivity index (χ0n) is 20.2. The van der Waals surface area contributed by atoms with E-state index in [1.54, 1.807) is 44.2 Å². The van der Waals surface area contributed by atoms with E-state index in [4.69, 9.17) is 27.9 Å². The molecule has 0 bridgehead atoms. The third kappa shape index (κ3) is 7.26. The zero-order valence-corrected chi connectivity index (χ0v) is 21.7. The van der Waals surface area contributed by atoms with Gasteiger partial charge in [0, 0.05) is 10.6 Å². The predicted molar refractivity (Wildman–Crippen MR) is 138 cm³/mol. The summed E-state index contributed by atoms with van der Waals surface area (Å²) in [5.41, 5.74) is -1.38. The van der Waals surface area contributed by atoms with Gasteiger partial charge in [0.15, 0.2) is 0 Å². The highest BCUT2D eigenvalue weighted by Crippen LogP contribution is 2.37. The number of carbonyl (C=O) groups is 3. The molecule has 0 fully saturated rings. The maximum absolute atomic E-state index is 13.6. The van der Waals surface area contributed by atoms with Crippen molar-refractivity contribution >= 4 is 46.7 Å². The fourth-order valence-corrected chi connectivity index (χ4v) is 3.90. The van der Waals surface area contributed by atoms with E-state index in [-0.39, 0.29) is 21.2 Å². The fourth-order valence-electron chi connectivity index (χ4n) is 3.51. The van der Waals surface area contributed by atoms with Crippen LogP contribution in [-0.2, 0) is 20.5 Å². The van der Waals surface area contributed by atoms with Crippen molar-refractivity contribution in [2.45, 2.75) is 32.2 Å². The van der Waals surface area contributed by atoms with Gasteiger partial charge in [-0.05, 0) is 36.2 Å². The van der Waals surface area contributed by atoms with Crippen LogP contribution >= 0.6 is 23.2 Å². The number of hydrogen-bond acceptors (Lipinski definition) is 4. The van der Waals surface area contributed by atoms with Crippen LogP contribution in [-0.4, -0.2) is 23.8 Å². The van der Waals surface area contributed by atoms with E-state index in [1.807, 2.05) is 0 Å². The zero-order chi connectivity index (χ0) is 28.0. The molecule has 0 aromatic heterocycles. The van der Waals surface area contributed by atoms with E-state index in [0.29, 0.717) is 6.07 Å². The minimum atomic E-state index is -4.81. The fraction of sp³-hybridized carbons (Fsp3) is 0.222. The van der Waals surface area contributed by atoms with Crippen LogP contribution in [0.15, 0.2) is 72.8 Å². The summed E-state index contributed by atoms with van der Waals surface area (Å²) in [7, 11) is 0. The molecule has 3 rings (SSSR count). The normalized spacial score (nSPS) is 12.9. The number of alkyl halides is 3. The number of hydrogen-bond donors (Lipinski definition) is 2. The number of benzene rings is 3. The van der Waals surface area contributed by atoms with Crippen molar-refractivity contribution in [3.05, 3.63) is 99.5 Å². The summed E-state index contributed by atoms with van der Waals surface area (Å²) in [6.45, 7) is 3.31. The minimum absolute atomic E-state index is 0.132. The second-order valence-corrected chi connectivity index (χ2v) is 9.42. The van der Waals surface area contributed by atoms with Gasteiger partial charge < -0.3 is 15.4 Å². The number of amides is 2. The van der Waals surface area contributed by atoms with Gasteiger partial charge in [0.05, 0.1) is 21.8 Å². The van der Waals surface area contributed by atoms with Gasteiger partial charge in [0.25, 0.3) is 11.8 Å². The lowest BCUT2D eigenvalue weighted by Crippen LogP contribution is -2.46. The molecule has 200 valence electrons. The largest absolute Gasteiger partial charge is 0.446 e. The summed E-state index contributed by atoms with van der Waals surface area (Å²) in [4.78, 5) is 39.2. The summed E-state index contributed by atoms with van der Waals surface area (Å²) in [5, 5.41) is 4.75. The molecule has 2 atom stereocenters. The van der Waals surface area contributed by atoms with Crippen molar-refractivity contribution in [1.82, 2.24) is 5.32 Å². The summed E-state index contributed by atoms with van der Waals surface area (Å²) < 4.78 is 46.2. The lowest BCUT2D eigenvalue weighted by molar-refractivity contribution is -0.157. The first-order valence-corrected chi connectivity index (χ1v) is 12.1. The van der Waals surface area contributed by atoms with E-state index in [1.165, 1.54) is 30.3 Å². The Morgan fingerprint density at radius 2 is 1.53 bits per heavy atom. The minimum Gasteiger partial charge on any atom is -0.446 e. The van der Waals surface area contributed by atoms with Crippen molar-refractivity contribution in [3.8, 4) is 0 Å². The molecule has 0 aliphatic rings. The first kappa shape index (κ1) is 29.0. The smallest absolute Gasteiger partial charge is 0.418 e. The molecule has 6 nitrogen and oxygen atoms in total. The average Bonchev–Trinajstić information content (AvgIpc) is 2.86. The molecular weight excluding hydrogens is 544 g/mol. The van der Waals surface area contributed by atoms with E-state index < -0.39 is 53.3 Å². The Labute approximate surface area is 227 Å². The van der Waals surface area contributed by atoms with Crippen molar-refractivity contribution in [3.63, 3.8) is 0 Å². The van der Waals surface area contributed by atoms with Crippen molar-refractivity contribution < 1.29 is 32.3 Å². The number of halogens is 5. The molecule has 11 heteroatoms. The quantitative estimate of drug-likeness (QED) is 0.297. The Bertz CT molecular complexity index is 1320. The van der Waals surface area contributed by atoms with Gasteiger partial charge in [-0.2, -0.15) is 13.2 Å². The van der Waals surface area contributed by atoms with Gasteiger partial charge in [-0.25, -0.2) is 4.79 Å². The van der Waals surface area contributed by atoms with Crippen LogP contribution in [0.4, 0.5) is 18.9 Å². The molecule has 3 aromatic rings. The van der Waals surface area contributed by atoms with E-state index in [2.05, 4.69) is 10.6 Å². The Balaban J connectivity index is 1.89. The lowest BCUT2D eigenvalue weighted by atomic mass is 10.0. The molecule has 0 saturated heterocycles. The number of anilines is 1. The molecule has 0 spiro atoms. The Hall–Kier alpha value is -3.56. The molecular formula is C27H23Cl2F3N2O4. The highest BCUT2D eigenvalue weighted by Gasteiger charge is 2.36. The Morgan fingerprint density at radius 1 is 0.895 bits per heavy atom. The van der Waals surface area contributed by atoms with E-state index in [9.17, 15) is 27.6 Å². The topological polar surface area (TPSA) is 84.5 Å². The highest BCUT2D eigenvalue weighted by atomic mass is 35.5. The number of ether oxygens (including phenoxy) is 1. The second-order valence-electron chi connectivity index (χ2n) is 8.58. The SMILES string of the molecule is CC(C)[C@H](NC(=O)c1ccccc1Cl)C(=O)O[C@H](C(=O)Nc1ccc(Cl)cc1C(F)(F)F)c1ccccc1. The summed E-state index contributed by atoms with van der Waals surface area (Å²) in [6, 6.07) is 15.7. The standard InChI is InChI=1S/C27H23Cl2F3N2O4/c1-15(2)22(34-24(35)18-10-6-7-11-20(18)29)26(37)38-23(16-8-4-3-5-9-16)25(36)33-21-13-12-17(28)14-19(21)27(30,31)32/h3-15,22-23H,1-2H3,(H,33,36)(H,34,35)/t22-,23-/m0/s1. The summed E-state index contributed by atoms with van der Waals surface area (Å²) in [6.07, 6.45) is -6.43. The first-order valence-electron chi connectivity index (χ1n) is 11.4. The molecule has 0 aliphatic heterocycles. The van der Waals surface area contributed by atoms with Gasteiger partial charge in [0.1, 0.15) is 6.04 Å². The van der Waals surface area contributed by atoms with Crippen LogP contribution in [0.3, 0.4) is 0 Å². The third-order valence-electron chi connectivity index (χ3n) is 5.45. The van der Waals surface area contributed by atoms with Gasteiger partial charge in [-0.3, -0.25) is 9.59 Å². The van der Waals surface area contributed by atoms with Crippen LogP contribution in [0.25, 0.3) is 0 Å². The number of nitrogens with one attached hydrogen (secondary N) is 2. The van der Waals surface area contributed by atoms with Crippen LogP contribution < -0.4 is 10.6 Å². The van der Waals surface area contributed by atoms with Crippen LogP contribution in [0.2, 0.25) is 10.0 Å². The van der Waals surface area contributed by atoms with Gasteiger partial charge in [0.2, 0.25) is 6.10 Å². The van der Waals surface area contributed by atoms with E-state index in [0.717, 1.165) is 6.07 Å². The average molecular weight is 567 g/mol. The second kappa shape index (κ2) is 12.3. The van der Waals surface area contributed by atoms with E-state index >= 15 is 0 Å². The number of esters is 1. The molecule has 0 radical (unpaired) electrons. The van der Waals surface area contributed by atoms with Crippen molar-refractivity contribution in [2.24, 2.45) is 5.92 Å². The van der Waals surface area contributed by atoms with Gasteiger partial charge >= 0.3 is 12.1 Å². The number of carbonyl (C=O) groups excluding carboxylic acids is 3. The Morgan fingerprint density at radius 3 is 2.13 bits per heavy atom. The molecule has 2 amide bonds. The maximum atomic E-state index is 13.6. The molecule has 0 saturated carbocycles. The van der Waals surface area contributed by atoms with Gasteiger partial charge in [-0.15, -0.1) is 0 Å². The lowest BCUT2D eigenvalue weighted by Gasteiger charge is -2.25. The monoisotopic (exact) mass is 566 g/mol. The molecule has 0 unspecified atom stereocenters. The van der Waals surface area contributed by atoms with Gasteiger partial charge in [-0.1, -0.05) is 79.5 Å². The third-order valence-corrected chi connectivity index (χ3v) is 6.01. The molecule has 3 aromatic carbocycles. The molecule has 0 heterocycles. The summed E-state index contributed by atoms with van der Waals surface area (Å²) >= 11 is 11.8. The van der Waals surface area contributed by atoms with Crippen molar-refractivity contribution in [1.29, 1.82) is 0 Å². The maximum Gasteiger partial charge on any atom is 0.418 e.